The summed E-state index contributed by atoms with van der Waals surface area (Å²) in [4.78, 5) is 21.6. The number of carboxylic acids is 1. The Morgan fingerprint density at radius 2 is 1.93 bits per heavy atom. The summed E-state index contributed by atoms with van der Waals surface area (Å²) in [5.74, 6) is -2.47. The van der Waals surface area contributed by atoms with E-state index >= 15 is 0 Å². The molecule has 0 heterocycles. The maximum Gasteiger partial charge on any atom is 0.321 e. The molecule has 0 bridgehead atoms. The highest BCUT2D eigenvalue weighted by Crippen LogP contribution is 2.09. The summed E-state index contributed by atoms with van der Waals surface area (Å²) in [6.07, 6.45) is 0.367. The van der Waals surface area contributed by atoms with Gasteiger partial charge in [0.15, 0.2) is 0 Å². The van der Waals surface area contributed by atoms with E-state index in [1.54, 1.807) is 13.8 Å². The van der Waals surface area contributed by atoms with Gasteiger partial charge in [0.25, 0.3) is 0 Å². The molecule has 0 aromatic heterocycles. The molecule has 0 aromatic carbocycles. The predicted octanol–water partition coefficient (Wildman–Crippen LogP) is 0.565. The first-order valence-corrected chi connectivity index (χ1v) is 4.19. The average Bonchev–Trinajstić information content (AvgIpc) is 2.05. The molecule has 14 heavy (non-hydrogen) atoms. The van der Waals surface area contributed by atoms with Crippen LogP contribution in [-0.2, 0) is 14.3 Å². The molecule has 0 amide bonds. The SMILES string of the molecule is Br.CCOC(=O)[C@@H](CC)[C@H](N)C(=O)O. The van der Waals surface area contributed by atoms with Gasteiger partial charge in [0.05, 0.1) is 12.5 Å². The van der Waals surface area contributed by atoms with E-state index in [2.05, 4.69) is 4.74 Å². The Morgan fingerprint density at radius 3 is 2.21 bits per heavy atom. The van der Waals surface area contributed by atoms with Gasteiger partial charge < -0.3 is 15.6 Å². The van der Waals surface area contributed by atoms with Crippen molar-refractivity contribution >= 4 is 28.9 Å². The number of rotatable bonds is 5. The summed E-state index contributed by atoms with van der Waals surface area (Å²) < 4.78 is 4.68. The first kappa shape index (κ1) is 15.8. The predicted molar refractivity (Wildman–Crippen MR) is 56.3 cm³/mol. The Balaban J connectivity index is 0. The number of carbonyl (C=O) groups is 2. The minimum Gasteiger partial charge on any atom is -0.480 e. The van der Waals surface area contributed by atoms with Crippen molar-refractivity contribution in [2.75, 3.05) is 6.61 Å². The molecule has 0 spiro atoms. The summed E-state index contributed by atoms with van der Waals surface area (Å²) in [7, 11) is 0. The zero-order valence-corrected chi connectivity index (χ0v) is 9.94. The average molecular weight is 270 g/mol. The molecular weight excluding hydrogens is 254 g/mol. The highest BCUT2D eigenvalue weighted by atomic mass is 79.9. The van der Waals surface area contributed by atoms with Crippen molar-refractivity contribution in [3.05, 3.63) is 0 Å². The van der Waals surface area contributed by atoms with E-state index in [1.165, 1.54) is 0 Å². The Kier molecular flexibility index (Phi) is 8.77. The molecule has 0 radical (unpaired) electrons. The zero-order chi connectivity index (χ0) is 10.4. The number of nitrogens with two attached hydrogens (primary N) is 1. The van der Waals surface area contributed by atoms with Gasteiger partial charge in [-0.1, -0.05) is 6.92 Å². The highest BCUT2D eigenvalue weighted by Gasteiger charge is 2.29. The number of hydrogen-bond donors (Lipinski definition) is 2. The third-order valence-corrected chi connectivity index (χ3v) is 1.75. The molecule has 0 rings (SSSR count). The molecule has 6 heteroatoms. The molecular formula is C8H16BrNO4. The lowest BCUT2D eigenvalue weighted by Crippen LogP contribution is -2.42. The first-order chi connectivity index (χ1) is 6.04. The van der Waals surface area contributed by atoms with E-state index < -0.39 is 23.9 Å². The molecule has 0 aromatic rings. The largest absolute Gasteiger partial charge is 0.480 e. The molecule has 0 saturated carbocycles. The van der Waals surface area contributed by atoms with Crippen molar-refractivity contribution in [3.8, 4) is 0 Å². The lowest BCUT2D eigenvalue weighted by molar-refractivity contribution is -0.154. The monoisotopic (exact) mass is 269 g/mol. The fraction of sp³-hybridized carbons (Fsp3) is 0.750. The van der Waals surface area contributed by atoms with Crippen LogP contribution in [0.25, 0.3) is 0 Å². The van der Waals surface area contributed by atoms with Gasteiger partial charge in [-0.25, -0.2) is 0 Å². The van der Waals surface area contributed by atoms with Crippen LogP contribution in [0, 0.1) is 5.92 Å². The van der Waals surface area contributed by atoms with Crippen molar-refractivity contribution in [2.24, 2.45) is 11.7 Å². The molecule has 2 atom stereocenters. The van der Waals surface area contributed by atoms with Crippen molar-refractivity contribution in [1.29, 1.82) is 0 Å². The summed E-state index contributed by atoms with van der Waals surface area (Å²) in [5, 5.41) is 8.57. The third kappa shape index (κ3) is 4.57. The second kappa shape index (κ2) is 7.75. The highest BCUT2D eigenvalue weighted by molar-refractivity contribution is 8.93. The Hall–Kier alpha value is -0.620. The van der Waals surface area contributed by atoms with Crippen molar-refractivity contribution in [3.63, 3.8) is 0 Å². The van der Waals surface area contributed by atoms with Crippen LogP contribution in [0.3, 0.4) is 0 Å². The van der Waals surface area contributed by atoms with Gasteiger partial charge in [0.2, 0.25) is 0 Å². The maximum absolute atomic E-state index is 11.2. The summed E-state index contributed by atoms with van der Waals surface area (Å²) in [6, 6.07) is -1.18. The number of carboxylic acid groups (broad SMARTS) is 1. The quantitative estimate of drug-likeness (QED) is 0.713. The van der Waals surface area contributed by atoms with Gasteiger partial charge in [0.1, 0.15) is 6.04 Å². The molecule has 0 fully saturated rings. The number of aliphatic carboxylic acids is 1. The van der Waals surface area contributed by atoms with Crippen molar-refractivity contribution < 1.29 is 19.4 Å². The van der Waals surface area contributed by atoms with Crippen LogP contribution >= 0.6 is 17.0 Å². The number of hydrogen-bond acceptors (Lipinski definition) is 4. The van der Waals surface area contributed by atoms with Crippen LogP contribution < -0.4 is 5.73 Å². The van der Waals surface area contributed by atoms with Crippen molar-refractivity contribution in [2.45, 2.75) is 26.3 Å². The molecule has 0 aliphatic rings. The van der Waals surface area contributed by atoms with Crippen molar-refractivity contribution in [1.82, 2.24) is 0 Å². The lowest BCUT2D eigenvalue weighted by atomic mass is 9.98. The third-order valence-electron chi connectivity index (χ3n) is 1.75. The molecule has 0 aliphatic heterocycles. The van der Waals surface area contributed by atoms with Gasteiger partial charge in [-0.15, -0.1) is 17.0 Å². The van der Waals surface area contributed by atoms with Gasteiger partial charge in [-0.2, -0.15) is 0 Å². The smallest absolute Gasteiger partial charge is 0.321 e. The summed E-state index contributed by atoms with van der Waals surface area (Å²) in [5.41, 5.74) is 5.30. The van der Waals surface area contributed by atoms with Crippen LogP contribution in [0.4, 0.5) is 0 Å². The van der Waals surface area contributed by atoms with E-state index in [0.29, 0.717) is 6.42 Å². The van der Waals surface area contributed by atoms with E-state index in [-0.39, 0.29) is 23.6 Å². The molecule has 0 aliphatic carbocycles. The normalized spacial score (nSPS) is 13.6. The van der Waals surface area contributed by atoms with E-state index in [1.807, 2.05) is 0 Å². The molecule has 3 N–H and O–H groups in total. The number of esters is 1. The zero-order valence-electron chi connectivity index (χ0n) is 8.23. The number of ether oxygens (including phenoxy) is 1. The van der Waals surface area contributed by atoms with E-state index in [4.69, 9.17) is 10.8 Å². The minimum absolute atomic E-state index is 0. The maximum atomic E-state index is 11.2. The molecule has 0 unspecified atom stereocenters. The first-order valence-electron chi connectivity index (χ1n) is 4.19. The van der Waals surface area contributed by atoms with Gasteiger partial charge in [-0.3, -0.25) is 9.59 Å². The standard InChI is InChI=1S/C8H15NO4.BrH/c1-3-5(6(9)7(10)11)8(12)13-4-2;/h5-6H,3-4,9H2,1-2H3,(H,10,11);1H/t5-,6-;/m0./s1. The summed E-state index contributed by atoms with van der Waals surface area (Å²) in [6.45, 7) is 3.60. The van der Waals surface area contributed by atoms with Crippen LogP contribution in [0.1, 0.15) is 20.3 Å². The topological polar surface area (TPSA) is 89.6 Å². The molecule has 84 valence electrons. The number of halogens is 1. The van der Waals surface area contributed by atoms with E-state index in [0.717, 1.165) is 0 Å². The Morgan fingerprint density at radius 1 is 1.43 bits per heavy atom. The summed E-state index contributed by atoms with van der Waals surface area (Å²) >= 11 is 0. The van der Waals surface area contributed by atoms with Gasteiger partial charge in [0, 0.05) is 0 Å². The Bertz CT molecular complexity index is 198. The molecule has 5 nitrogen and oxygen atoms in total. The van der Waals surface area contributed by atoms with Crippen LogP contribution in [-0.4, -0.2) is 29.7 Å². The van der Waals surface area contributed by atoms with Gasteiger partial charge in [-0.05, 0) is 13.3 Å². The second-order valence-corrected chi connectivity index (χ2v) is 2.63. The van der Waals surface area contributed by atoms with Crippen LogP contribution in [0.2, 0.25) is 0 Å². The fourth-order valence-electron chi connectivity index (χ4n) is 0.989. The Labute approximate surface area is 93.4 Å². The molecule has 0 saturated heterocycles. The fourth-order valence-corrected chi connectivity index (χ4v) is 0.989. The lowest BCUT2D eigenvalue weighted by Gasteiger charge is -2.16. The number of carbonyl (C=O) groups excluding carboxylic acids is 1. The van der Waals surface area contributed by atoms with Gasteiger partial charge >= 0.3 is 11.9 Å². The van der Waals surface area contributed by atoms with E-state index in [9.17, 15) is 9.59 Å². The minimum atomic E-state index is -1.18. The second-order valence-electron chi connectivity index (χ2n) is 2.63. The van der Waals surface area contributed by atoms with Crippen LogP contribution in [0.15, 0.2) is 0 Å². The van der Waals surface area contributed by atoms with Crippen LogP contribution in [0.5, 0.6) is 0 Å².